The highest BCUT2D eigenvalue weighted by Gasteiger charge is 2.37. The molecule has 6 heteroatoms. The number of aryl methyl sites for hydroxylation is 2. The molecule has 1 heterocycles. The first-order valence-electron chi connectivity index (χ1n) is 5.58. The first-order chi connectivity index (χ1) is 7.94. The molecule has 1 unspecified atom stereocenters. The molecule has 0 amide bonds. The third kappa shape index (κ3) is 3.39. The van der Waals surface area contributed by atoms with E-state index in [2.05, 4.69) is 0 Å². The summed E-state index contributed by atoms with van der Waals surface area (Å²) in [6.07, 6.45) is 0. The van der Waals surface area contributed by atoms with Crippen molar-refractivity contribution in [2.24, 2.45) is 0 Å². The quantitative estimate of drug-likeness (QED) is 0.807. The number of hydrogen-bond acceptors (Lipinski definition) is 5. The average molecular weight is 278 g/mol. The van der Waals surface area contributed by atoms with Gasteiger partial charge in [0.2, 0.25) is 0 Å². The molecule has 1 atom stereocenters. The van der Waals surface area contributed by atoms with Gasteiger partial charge in [-0.1, -0.05) is 0 Å². The molecule has 0 bridgehead atoms. The van der Waals surface area contributed by atoms with Crippen LogP contribution >= 0.6 is 18.9 Å². The van der Waals surface area contributed by atoms with Gasteiger partial charge in [-0.2, -0.15) is 0 Å². The Balaban J connectivity index is 3.03. The predicted molar refractivity (Wildman–Crippen MR) is 69.6 cm³/mol. The van der Waals surface area contributed by atoms with Crippen molar-refractivity contribution in [3.8, 4) is 0 Å². The molecule has 0 radical (unpaired) electrons. The van der Waals surface area contributed by atoms with Crippen molar-refractivity contribution in [2.45, 2.75) is 33.5 Å². The molecule has 98 valence electrons. The van der Waals surface area contributed by atoms with E-state index in [1.54, 1.807) is 13.8 Å². The van der Waals surface area contributed by atoms with Crippen LogP contribution in [0.1, 0.15) is 35.0 Å². The van der Waals surface area contributed by atoms with E-state index in [0.717, 1.165) is 10.4 Å². The molecule has 1 aromatic rings. The molecule has 0 saturated heterocycles. The lowest BCUT2D eigenvalue weighted by Gasteiger charge is -2.21. The van der Waals surface area contributed by atoms with Crippen LogP contribution < -0.4 is 0 Å². The van der Waals surface area contributed by atoms with Crippen molar-refractivity contribution in [3.05, 3.63) is 21.4 Å². The second kappa shape index (κ2) is 6.12. The van der Waals surface area contributed by atoms with Gasteiger partial charge < -0.3 is 14.2 Å². The van der Waals surface area contributed by atoms with E-state index in [-0.39, 0.29) is 13.2 Å². The van der Waals surface area contributed by atoms with Crippen LogP contribution in [0.25, 0.3) is 0 Å². The Hall–Kier alpha value is -0.190. The number of aliphatic hydroxyl groups excluding tert-OH is 1. The van der Waals surface area contributed by atoms with Crippen LogP contribution in [-0.2, 0) is 13.6 Å². The summed E-state index contributed by atoms with van der Waals surface area (Å²) in [7, 11) is -3.48. The van der Waals surface area contributed by atoms with Crippen molar-refractivity contribution in [1.82, 2.24) is 0 Å². The van der Waals surface area contributed by atoms with Crippen LogP contribution in [0.15, 0.2) is 6.07 Å². The van der Waals surface area contributed by atoms with Gasteiger partial charge in [-0.15, -0.1) is 11.3 Å². The summed E-state index contributed by atoms with van der Waals surface area (Å²) < 4.78 is 22.7. The smallest absolute Gasteiger partial charge is 0.364 e. The van der Waals surface area contributed by atoms with E-state index in [0.29, 0.717) is 4.88 Å². The fourth-order valence-corrected chi connectivity index (χ4v) is 4.62. The normalized spacial score (nSPS) is 13.9. The number of thiophene rings is 1. The van der Waals surface area contributed by atoms with Gasteiger partial charge in [0, 0.05) is 9.75 Å². The third-order valence-electron chi connectivity index (χ3n) is 2.23. The lowest BCUT2D eigenvalue weighted by Crippen LogP contribution is -2.05. The van der Waals surface area contributed by atoms with Gasteiger partial charge in [0.1, 0.15) is 0 Å². The molecule has 0 aliphatic carbocycles. The molecule has 0 spiro atoms. The Labute approximate surface area is 106 Å². The van der Waals surface area contributed by atoms with E-state index in [4.69, 9.17) is 9.05 Å². The Morgan fingerprint density at radius 2 is 1.88 bits per heavy atom. The number of hydrogen-bond donors (Lipinski definition) is 1. The topological polar surface area (TPSA) is 55.8 Å². The van der Waals surface area contributed by atoms with Crippen LogP contribution in [0.5, 0.6) is 0 Å². The maximum Gasteiger partial charge on any atom is 0.364 e. The van der Waals surface area contributed by atoms with Gasteiger partial charge in [0.15, 0.2) is 5.85 Å². The highest BCUT2D eigenvalue weighted by atomic mass is 32.1. The van der Waals surface area contributed by atoms with Crippen LogP contribution in [0.2, 0.25) is 0 Å². The summed E-state index contributed by atoms with van der Waals surface area (Å²) >= 11 is 1.42. The zero-order valence-corrected chi connectivity index (χ0v) is 12.3. The molecule has 0 aliphatic heterocycles. The fraction of sp³-hybridized carbons (Fsp3) is 0.636. The SMILES string of the molecule is CCOP(=O)(OCC)C(O)c1sc(C)cc1C. The zero-order valence-electron chi connectivity index (χ0n) is 10.6. The lowest BCUT2D eigenvalue weighted by molar-refractivity contribution is 0.151. The van der Waals surface area contributed by atoms with Crippen molar-refractivity contribution in [1.29, 1.82) is 0 Å². The summed E-state index contributed by atoms with van der Waals surface area (Å²) in [6, 6.07) is 1.95. The molecule has 0 saturated carbocycles. The van der Waals surface area contributed by atoms with Gasteiger partial charge in [0.25, 0.3) is 0 Å². The molecule has 1 rings (SSSR count). The van der Waals surface area contributed by atoms with Crippen molar-refractivity contribution >= 4 is 18.9 Å². The standard InChI is InChI=1S/C11H19O4PS/c1-5-14-16(13,15-6-2)11(12)10-8(3)7-9(4)17-10/h7,11-12H,5-6H2,1-4H3. The molecule has 17 heavy (non-hydrogen) atoms. The van der Waals surface area contributed by atoms with Crippen molar-refractivity contribution in [2.75, 3.05) is 13.2 Å². The molecule has 0 aliphatic rings. The summed E-state index contributed by atoms with van der Waals surface area (Å²) in [5, 5.41) is 10.2. The summed E-state index contributed by atoms with van der Waals surface area (Å²) in [6.45, 7) is 7.77. The minimum absolute atomic E-state index is 0.248. The van der Waals surface area contributed by atoms with E-state index in [1.807, 2.05) is 19.9 Å². The number of rotatable bonds is 6. The van der Waals surface area contributed by atoms with Crippen molar-refractivity contribution in [3.63, 3.8) is 0 Å². The van der Waals surface area contributed by atoms with E-state index in [9.17, 15) is 9.67 Å². The molecule has 1 aromatic heterocycles. The second-order valence-electron chi connectivity index (χ2n) is 3.65. The monoisotopic (exact) mass is 278 g/mol. The molecule has 0 aromatic carbocycles. The minimum Gasteiger partial charge on any atom is -0.376 e. The van der Waals surface area contributed by atoms with E-state index >= 15 is 0 Å². The Bertz CT molecular complexity index is 406. The zero-order chi connectivity index (χ0) is 13.1. The maximum atomic E-state index is 12.4. The Morgan fingerprint density at radius 3 is 2.24 bits per heavy atom. The summed E-state index contributed by atoms with van der Waals surface area (Å²) in [5.74, 6) is -1.19. The van der Waals surface area contributed by atoms with Gasteiger partial charge in [-0.3, -0.25) is 4.57 Å². The third-order valence-corrected chi connectivity index (χ3v) is 5.70. The largest absolute Gasteiger partial charge is 0.376 e. The van der Waals surface area contributed by atoms with Gasteiger partial charge >= 0.3 is 7.60 Å². The van der Waals surface area contributed by atoms with Gasteiger partial charge in [-0.05, 0) is 39.3 Å². The molecule has 0 fully saturated rings. The van der Waals surface area contributed by atoms with Crippen LogP contribution in [0.4, 0.5) is 0 Å². The average Bonchev–Trinajstić information content (AvgIpc) is 2.57. The summed E-state index contributed by atoms with van der Waals surface area (Å²) in [5.41, 5.74) is 0.916. The van der Waals surface area contributed by atoms with E-state index < -0.39 is 13.4 Å². The van der Waals surface area contributed by atoms with Crippen molar-refractivity contribution < 1.29 is 18.7 Å². The van der Waals surface area contributed by atoms with Crippen LogP contribution in [0, 0.1) is 13.8 Å². The van der Waals surface area contributed by atoms with E-state index in [1.165, 1.54) is 11.3 Å². The number of aliphatic hydroxyl groups is 1. The fourth-order valence-electron chi connectivity index (χ4n) is 1.60. The molecular formula is C11H19O4PS. The molecule has 4 nitrogen and oxygen atoms in total. The highest BCUT2D eigenvalue weighted by Crippen LogP contribution is 2.60. The predicted octanol–water partition coefficient (Wildman–Crippen LogP) is 3.62. The van der Waals surface area contributed by atoms with Crippen LogP contribution in [0.3, 0.4) is 0 Å². The van der Waals surface area contributed by atoms with Gasteiger partial charge in [-0.25, -0.2) is 0 Å². The lowest BCUT2D eigenvalue weighted by atomic mass is 10.3. The second-order valence-corrected chi connectivity index (χ2v) is 7.03. The Morgan fingerprint density at radius 1 is 1.35 bits per heavy atom. The minimum atomic E-state index is -3.48. The first-order valence-corrected chi connectivity index (χ1v) is 8.01. The Kier molecular flexibility index (Phi) is 5.35. The maximum absolute atomic E-state index is 12.4. The molecular weight excluding hydrogens is 259 g/mol. The first kappa shape index (κ1) is 14.9. The summed E-state index contributed by atoms with van der Waals surface area (Å²) in [4.78, 5) is 1.73. The highest BCUT2D eigenvalue weighted by molar-refractivity contribution is 7.54. The molecule has 1 N–H and O–H groups in total. The van der Waals surface area contributed by atoms with Crippen LogP contribution in [-0.4, -0.2) is 18.3 Å². The van der Waals surface area contributed by atoms with Gasteiger partial charge in [0.05, 0.1) is 13.2 Å².